The van der Waals surface area contributed by atoms with E-state index in [4.69, 9.17) is 0 Å². The molecule has 0 aliphatic carbocycles. The van der Waals surface area contributed by atoms with Crippen LogP contribution in [0.2, 0.25) is 0 Å². The second-order valence-corrected chi connectivity index (χ2v) is 5.61. The number of piperazine rings is 1. The van der Waals surface area contributed by atoms with E-state index in [0.717, 1.165) is 26.2 Å². The van der Waals surface area contributed by atoms with Crippen LogP contribution in [-0.2, 0) is 6.54 Å². The van der Waals surface area contributed by atoms with Gasteiger partial charge in [-0.05, 0) is 31.5 Å². The van der Waals surface area contributed by atoms with Gasteiger partial charge in [0.15, 0.2) is 0 Å². The summed E-state index contributed by atoms with van der Waals surface area (Å²) in [6.45, 7) is 8.60. The molecule has 2 heterocycles. The first kappa shape index (κ1) is 13.3. The lowest BCUT2D eigenvalue weighted by molar-refractivity contribution is 0.196. The predicted octanol–water partition coefficient (Wildman–Crippen LogP) is 1.97. The van der Waals surface area contributed by atoms with E-state index in [9.17, 15) is 0 Å². The Hall–Kier alpha value is -1.65. The van der Waals surface area contributed by atoms with Crippen molar-refractivity contribution in [3.63, 3.8) is 0 Å². The molecular weight excluding hydrogens is 248 g/mol. The van der Waals surface area contributed by atoms with Crippen LogP contribution in [0.25, 0.3) is 5.69 Å². The first-order valence-corrected chi connectivity index (χ1v) is 7.28. The smallest absolute Gasteiger partial charge is 0.0678 e. The van der Waals surface area contributed by atoms with E-state index >= 15 is 0 Å². The second kappa shape index (κ2) is 5.77. The molecule has 0 radical (unpaired) electrons. The maximum absolute atomic E-state index is 4.51. The predicted molar refractivity (Wildman–Crippen MR) is 81.0 cm³/mol. The van der Waals surface area contributed by atoms with Crippen molar-refractivity contribution in [2.75, 3.05) is 19.6 Å². The molecule has 1 fully saturated rings. The molecule has 1 saturated heterocycles. The Morgan fingerprint density at radius 1 is 1.30 bits per heavy atom. The molecule has 20 heavy (non-hydrogen) atoms. The van der Waals surface area contributed by atoms with Crippen LogP contribution in [0.3, 0.4) is 0 Å². The molecule has 0 amide bonds. The van der Waals surface area contributed by atoms with Gasteiger partial charge in [0.1, 0.15) is 0 Å². The van der Waals surface area contributed by atoms with Crippen molar-refractivity contribution in [1.29, 1.82) is 0 Å². The number of aryl methyl sites for hydroxylation is 1. The zero-order valence-electron chi connectivity index (χ0n) is 12.2. The number of hydrogen-bond acceptors (Lipinski definition) is 3. The first-order chi connectivity index (χ1) is 9.74. The molecule has 1 aromatic carbocycles. The van der Waals surface area contributed by atoms with Gasteiger partial charge in [0.05, 0.1) is 11.4 Å². The summed E-state index contributed by atoms with van der Waals surface area (Å²) in [5.74, 6) is 0. The van der Waals surface area contributed by atoms with E-state index in [2.05, 4.69) is 64.2 Å². The van der Waals surface area contributed by atoms with Gasteiger partial charge in [0.25, 0.3) is 0 Å². The van der Waals surface area contributed by atoms with Crippen LogP contribution >= 0.6 is 0 Å². The summed E-state index contributed by atoms with van der Waals surface area (Å²) in [7, 11) is 0. The Labute approximate surface area is 120 Å². The standard InChI is InChI=1S/C16H22N4/c1-13-5-3-4-6-16(13)20-15(7-8-18-20)12-19-10-9-17-14(2)11-19/h3-8,14,17H,9-12H2,1-2H3. The normalized spacial score (nSPS) is 20.2. The van der Waals surface area contributed by atoms with Crippen molar-refractivity contribution >= 4 is 0 Å². The molecule has 0 spiro atoms. The number of nitrogens with one attached hydrogen (secondary N) is 1. The third-order valence-corrected chi connectivity index (χ3v) is 3.90. The van der Waals surface area contributed by atoms with Gasteiger partial charge in [0, 0.05) is 38.4 Å². The van der Waals surface area contributed by atoms with E-state index in [1.54, 1.807) is 0 Å². The minimum atomic E-state index is 0.568. The summed E-state index contributed by atoms with van der Waals surface area (Å²) < 4.78 is 2.07. The number of nitrogens with zero attached hydrogens (tertiary/aromatic N) is 3. The van der Waals surface area contributed by atoms with E-state index in [-0.39, 0.29) is 0 Å². The van der Waals surface area contributed by atoms with E-state index in [1.165, 1.54) is 16.9 Å². The van der Waals surface area contributed by atoms with E-state index in [1.807, 2.05) is 6.20 Å². The summed E-state index contributed by atoms with van der Waals surface area (Å²) >= 11 is 0. The molecular formula is C16H22N4. The Bertz CT molecular complexity index is 575. The van der Waals surface area contributed by atoms with Gasteiger partial charge in [-0.25, -0.2) is 4.68 Å². The van der Waals surface area contributed by atoms with E-state index in [0.29, 0.717) is 6.04 Å². The number of benzene rings is 1. The van der Waals surface area contributed by atoms with Crippen molar-refractivity contribution in [2.24, 2.45) is 0 Å². The topological polar surface area (TPSA) is 33.1 Å². The van der Waals surface area contributed by atoms with Gasteiger partial charge >= 0.3 is 0 Å². The highest BCUT2D eigenvalue weighted by Crippen LogP contribution is 2.16. The Morgan fingerprint density at radius 2 is 2.15 bits per heavy atom. The quantitative estimate of drug-likeness (QED) is 0.926. The summed E-state index contributed by atoms with van der Waals surface area (Å²) in [6, 6.07) is 11.1. The average Bonchev–Trinajstić information content (AvgIpc) is 2.87. The SMILES string of the molecule is Cc1ccccc1-n1nccc1CN1CCNC(C)C1. The molecule has 0 bridgehead atoms. The molecule has 106 valence electrons. The lowest BCUT2D eigenvalue weighted by atomic mass is 10.2. The minimum absolute atomic E-state index is 0.568. The monoisotopic (exact) mass is 270 g/mol. The maximum atomic E-state index is 4.51. The fraction of sp³-hybridized carbons (Fsp3) is 0.438. The van der Waals surface area contributed by atoms with Crippen molar-refractivity contribution in [3.8, 4) is 5.69 Å². The fourth-order valence-corrected chi connectivity index (χ4v) is 2.85. The van der Waals surface area contributed by atoms with Crippen LogP contribution < -0.4 is 5.32 Å². The first-order valence-electron chi connectivity index (χ1n) is 7.28. The fourth-order valence-electron chi connectivity index (χ4n) is 2.85. The molecule has 1 atom stereocenters. The van der Waals surface area contributed by atoms with Crippen LogP contribution in [0, 0.1) is 6.92 Å². The lowest BCUT2D eigenvalue weighted by Crippen LogP contribution is -2.48. The minimum Gasteiger partial charge on any atom is -0.312 e. The number of aromatic nitrogens is 2. The molecule has 4 nitrogen and oxygen atoms in total. The number of hydrogen-bond donors (Lipinski definition) is 1. The van der Waals surface area contributed by atoms with Crippen LogP contribution in [0.4, 0.5) is 0 Å². The van der Waals surface area contributed by atoms with Crippen molar-refractivity contribution in [1.82, 2.24) is 20.0 Å². The second-order valence-electron chi connectivity index (χ2n) is 5.61. The van der Waals surface area contributed by atoms with Gasteiger partial charge in [-0.1, -0.05) is 18.2 Å². The van der Waals surface area contributed by atoms with Gasteiger partial charge in [-0.3, -0.25) is 4.90 Å². The molecule has 4 heteroatoms. The Morgan fingerprint density at radius 3 is 2.95 bits per heavy atom. The number of rotatable bonds is 3. The van der Waals surface area contributed by atoms with Crippen molar-refractivity contribution in [2.45, 2.75) is 26.4 Å². The highest BCUT2D eigenvalue weighted by Gasteiger charge is 2.17. The van der Waals surface area contributed by atoms with E-state index < -0.39 is 0 Å². The van der Waals surface area contributed by atoms with Gasteiger partial charge < -0.3 is 5.32 Å². The molecule has 1 aliphatic heterocycles. The third-order valence-electron chi connectivity index (χ3n) is 3.90. The molecule has 0 saturated carbocycles. The maximum Gasteiger partial charge on any atom is 0.0678 e. The van der Waals surface area contributed by atoms with Crippen LogP contribution in [0.15, 0.2) is 36.5 Å². The van der Waals surface area contributed by atoms with Gasteiger partial charge in [-0.15, -0.1) is 0 Å². The largest absolute Gasteiger partial charge is 0.312 e. The summed E-state index contributed by atoms with van der Waals surface area (Å²) in [5, 5.41) is 7.99. The van der Waals surface area contributed by atoms with Gasteiger partial charge in [0.2, 0.25) is 0 Å². The molecule has 1 aromatic heterocycles. The highest BCUT2D eigenvalue weighted by atomic mass is 15.3. The molecule has 1 N–H and O–H groups in total. The number of para-hydroxylation sites is 1. The van der Waals surface area contributed by atoms with Crippen LogP contribution in [0.1, 0.15) is 18.2 Å². The molecule has 1 unspecified atom stereocenters. The average molecular weight is 270 g/mol. The van der Waals surface area contributed by atoms with Gasteiger partial charge in [-0.2, -0.15) is 5.10 Å². The van der Waals surface area contributed by atoms with Crippen LogP contribution in [0.5, 0.6) is 0 Å². The third kappa shape index (κ3) is 2.76. The Kier molecular flexibility index (Phi) is 3.85. The molecule has 3 rings (SSSR count). The zero-order valence-corrected chi connectivity index (χ0v) is 12.2. The molecule has 1 aliphatic rings. The summed E-state index contributed by atoms with van der Waals surface area (Å²) in [4.78, 5) is 2.49. The molecule has 2 aromatic rings. The van der Waals surface area contributed by atoms with Crippen molar-refractivity contribution < 1.29 is 0 Å². The lowest BCUT2D eigenvalue weighted by Gasteiger charge is -2.31. The summed E-state index contributed by atoms with van der Waals surface area (Å²) in [6.07, 6.45) is 1.90. The summed E-state index contributed by atoms with van der Waals surface area (Å²) in [5.41, 5.74) is 3.69. The van der Waals surface area contributed by atoms with Crippen LogP contribution in [-0.4, -0.2) is 40.4 Å². The highest BCUT2D eigenvalue weighted by molar-refractivity contribution is 5.40. The Balaban J connectivity index is 1.82. The van der Waals surface area contributed by atoms with Crippen molar-refractivity contribution in [3.05, 3.63) is 47.8 Å². The zero-order chi connectivity index (χ0) is 13.9.